The quantitative estimate of drug-likeness (QED) is 0.800. The Morgan fingerprint density at radius 1 is 1.09 bits per heavy atom. The minimum absolute atomic E-state index is 0.109. The number of ether oxygens (including phenoxy) is 1. The van der Waals surface area contributed by atoms with Gasteiger partial charge in [-0.1, -0.05) is 24.3 Å². The molecule has 0 aliphatic rings. The number of para-hydroxylation sites is 2. The summed E-state index contributed by atoms with van der Waals surface area (Å²) in [5.41, 5.74) is 9.71. The van der Waals surface area contributed by atoms with Gasteiger partial charge in [0.1, 0.15) is 11.6 Å². The van der Waals surface area contributed by atoms with Crippen LogP contribution in [-0.4, -0.2) is 16.7 Å². The monoisotopic (exact) mass is 295 g/mol. The molecule has 2 N–H and O–H groups in total. The van der Waals surface area contributed by atoms with Gasteiger partial charge in [-0.05, 0) is 43.7 Å². The van der Waals surface area contributed by atoms with Gasteiger partial charge in [0, 0.05) is 0 Å². The van der Waals surface area contributed by atoms with E-state index in [4.69, 9.17) is 10.5 Å². The van der Waals surface area contributed by atoms with Crippen molar-refractivity contribution in [3.05, 3.63) is 59.9 Å². The molecule has 2 atom stereocenters. The van der Waals surface area contributed by atoms with Crippen molar-refractivity contribution in [3.63, 3.8) is 0 Å². The third kappa shape index (κ3) is 2.46. The van der Waals surface area contributed by atoms with E-state index in [2.05, 4.69) is 22.5 Å². The Balaban J connectivity index is 1.97. The number of rotatable bonds is 4. The number of aromatic nitrogens is 2. The third-order valence-corrected chi connectivity index (χ3v) is 4.20. The smallest absolute Gasteiger partial charge is 0.118 e. The van der Waals surface area contributed by atoms with Gasteiger partial charge in [-0.25, -0.2) is 4.98 Å². The Labute approximate surface area is 130 Å². The second-order valence-corrected chi connectivity index (χ2v) is 5.56. The van der Waals surface area contributed by atoms with Crippen LogP contribution in [0.2, 0.25) is 0 Å². The van der Waals surface area contributed by atoms with E-state index in [1.165, 1.54) is 0 Å². The van der Waals surface area contributed by atoms with Crippen LogP contribution in [-0.2, 0) is 0 Å². The molecular formula is C18H21N3O. The molecule has 0 radical (unpaired) electrons. The fourth-order valence-electron chi connectivity index (χ4n) is 2.94. The average Bonchev–Trinajstić information content (AvgIpc) is 2.89. The van der Waals surface area contributed by atoms with E-state index in [0.29, 0.717) is 0 Å². The largest absolute Gasteiger partial charge is 0.497 e. The van der Waals surface area contributed by atoms with Crippen LogP contribution in [0.5, 0.6) is 5.75 Å². The van der Waals surface area contributed by atoms with Gasteiger partial charge in [-0.3, -0.25) is 0 Å². The van der Waals surface area contributed by atoms with Crippen LogP contribution in [0, 0.1) is 6.92 Å². The summed E-state index contributed by atoms with van der Waals surface area (Å²) < 4.78 is 7.41. The van der Waals surface area contributed by atoms with Crippen molar-refractivity contribution in [2.75, 3.05) is 7.11 Å². The lowest BCUT2D eigenvalue weighted by Gasteiger charge is -2.24. The number of fused-ring (bicyclic) bond motifs is 1. The number of aryl methyl sites for hydroxylation is 1. The van der Waals surface area contributed by atoms with Gasteiger partial charge in [0.2, 0.25) is 0 Å². The molecule has 0 saturated heterocycles. The third-order valence-electron chi connectivity index (χ3n) is 4.20. The number of methoxy groups -OCH3 is 1. The van der Waals surface area contributed by atoms with Crippen molar-refractivity contribution < 1.29 is 4.74 Å². The molecule has 0 spiro atoms. The molecule has 2 unspecified atom stereocenters. The number of imidazole rings is 1. The number of hydrogen-bond donors (Lipinski definition) is 1. The lowest BCUT2D eigenvalue weighted by molar-refractivity contribution is 0.413. The highest BCUT2D eigenvalue weighted by Gasteiger charge is 2.20. The molecule has 0 bridgehead atoms. The van der Waals surface area contributed by atoms with E-state index in [0.717, 1.165) is 28.2 Å². The molecule has 0 aliphatic carbocycles. The summed E-state index contributed by atoms with van der Waals surface area (Å²) in [5, 5.41) is 0. The van der Waals surface area contributed by atoms with Crippen LogP contribution < -0.4 is 10.5 Å². The number of nitrogens with two attached hydrogens (primary N) is 1. The van der Waals surface area contributed by atoms with Crippen molar-refractivity contribution in [2.24, 2.45) is 5.73 Å². The standard InChI is InChI=1S/C18H21N3O/c1-12(18(19)14-8-10-15(22-3)11-9-14)21-13(2)20-16-6-4-5-7-17(16)21/h4-12,18H,19H2,1-3H3. The van der Waals surface area contributed by atoms with Gasteiger partial charge in [0.15, 0.2) is 0 Å². The number of nitrogens with zero attached hydrogens (tertiary/aromatic N) is 2. The molecule has 22 heavy (non-hydrogen) atoms. The summed E-state index contributed by atoms with van der Waals surface area (Å²) in [5.74, 6) is 1.82. The number of hydrogen-bond acceptors (Lipinski definition) is 3. The van der Waals surface area contributed by atoms with Gasteiger partial charge in [0.05, 0.1) is 30.2 Å². The van der Waals surface area contributed by atoms with E-state index in [9.17, 15) is 0 Å². The van der Waals surface area contributed by atoms with Gasteiger partial charge >= 0.3 is 0 Å². The van der Waals surface area contributed by atoms with Crippen LogP contribution in [0.3, 0.4) is 0 Å². The molecular weight excluding hydrogens is 274 g/mol. The van der Waals surface area contributed by atoms with Gasteiger partial charge in [0.25, 0.3) is 0 Å². The Kier molecular flexibility index (Phi) is 3.86. The highest BCUT2D eigenvalue weighted by Crippen LogP contribution is 2.29. The van der Waals surface area contributed by atoms with Crippen molar-refractivity contribution in [1.82, 2.24) is 9.55 Å². The van der Waals surface area contributed by atoms with Crippen molar-refractivity contribution >= 4 is 11.0 Å². The SMILES string of the molecule is COc1ccc(C(N)C(C)n2c(C)nc3ccccc32)cc1. The fourth-order valence-corrected chi connectivity index (χ4v) is 2.94. The van der Waals surface area contributed by atoms with Gasteiger partial charge in [-0.2, -0.15) is 0 Å². The lowest BCUT2D eigenvalue weighted by Crippen LogP contribution is -2.23. The van der Waals surface area contributed by atoms with Crippen LogP contribution in [0.4, 0.5) is 0 Å². The summed E-state index contributed by atoms with van der Waals surface area (Å²) in [6.45, 7) is 4.16. The Morgan fingerprint density at radius 2 is 1.77 bits per heavy atom. The molecule has 1 heterocycles. The zero-order valence-electron chi connectivity index (χ0n) is 13.2. The Bertz CT molecular complexity index is 777. The normalized spacial score (nSPS) is 14.0. The summed E-state index contributed by atoms with van der Waals surface area (Å²) in [7, 11) is 1.67. The topological polar surface area (TPSA) is 53.1 Å². The zero-order chi connectivity index (χ0) is 15.7. The maximum absolute atomic E-state index is 6.49. The zero-order valence-corrected chi connectivity index (χ0v) is 13.2. The summed E-state index contributed by atoms with van der Waals surface area (Å²) in [4.78, 5) is 4.63. The first-order valence-corrected chi connectivity index (χ1v) is 7.45. The molecule has 0 saturated carbocycles. The molecule has 3 rings (SSSR count). The van der Waals surface area contributed by atoms with Gasteiger partial charge in [-0.15, -0.1) is 0 Å². The Hall–Kier alpha value is -2.33. The first-order valence-electron chi connectivity index (χ1n) is 7.45. The molecule has 4 nitrogen and oxygen atoms in total. The second-order valence-electron chi connectivity index (χ2n) is 5.56. The molecule has 0 fully saturated rings. The average molecular weight is 295 g/mol. The summed E-state index contributed by atoms with van der Waals surface area (Å²) in [6, 6.07) is 16.1. The molecule has 3 aromatic rings. The van der Waals surface area contributed by atoms with Crippen molar-refractivity contribution in [2.45, 2.75) is 25.9 Å². The van der Waals surface area contributed by atoms with E-state index in [1.54, 1.807) is 7.11 Å². The van der Waals surface area contributed by atoms with Crippen molar-refractivity contribution in [1.29, 1.82) is 0 Å². The van der Waals surface area contributed by atoms with Crippen LogP contribution >= 0.6 is 0 Å². The van der Waals surface area contributed by atoms with E-state index >= 15 is 0 Å². The van der Waals surface area contributed by atoms with Gasteiger partial charge < -0.3 is 15.0 Å². The molecule has 2 aromatic carbocycles. The maximum Gasteiger partial charge on any atom is 0.118 e. The lowest BCUT2D eigenvalue weighted by atomic mass is 10.0. The second kappa shape index (κ2) is 5.81. The molecule has 0 amide bonds. The minimum atomic E-state index is -0.109. The summed E-state index contributed by atoms with van der Waals surface area (Å²) in [6.07, 6.45) is 0. The first kappa shape index (κ1) is 14.6. The molecule has 0 aliphatic heterocycles. The van der Waals surface area contributed by atoms with Crippen LogP contribution in [0.1, 0.15) is 30.4 Å². The number of benzene rings is 2. The van der Waals surface area contributed by atoms with E-state index in [-0.39, 0.29) is 12.1 Å². The van der Waals surface area contributed by atoms with E-state index < -0.39 is 0 Å². The fraction of sp³-hybridized carbons (Fsp3) is 0.278. The van der Waals surface area contributed by atoms with Crippen molar-refractivity contribution in [3.8, 4) is 5.75 Å². The highest BCUT2D eigenvalue weighted by molar-refractivity contribution is 5.76. The minimum Gasteiger partial charge on any atom is -0.497 e. The Morgan fingerprint density at radius 3 is 2.45 bits per heavy atom. The highest BCUT2D eigenvalue weighted by atomic mass is 16.5. The molecule has 4 heteroatoms. The van der Waals surface area contributed by atoms with Crippen LogP contribution in [0.25, 0.3) is 11.0 Å². The molecule has 114 valence electrons. The predicted octanol–water partition coefficient (Wildman–Crippen LogP) is 3.61. The predicted molar refractivity (Wildman–Crippen MR) is 89.1 cm³/mol. The molecule has 1 aromatic heterocycles. The first-order chi connectivity index (χ1) is 10.6. The van der Waals surface area contributed by atoms with E-state index in [1.807, 2.05) is 49.4 Å². The maximum atomic E-state index is 6.49. The summed E-state index contributed by atoms with van der Waals surface area (Å²) >= 11 is 0. The van der Waals surface area contributed by atoms with Crippen LogP contribution in [0.15, 0.2) is 48.5 Å².